The lowest BCUT2D eigenvalue weighted by molar-refractivity contribution is 0.720. The maximum atomic E-state index is 5.80. The van der Waals surface area contributed by atoms with Crippen LogP contribution in [0.1, 0.15) is 24.2 Å². The van der Waals surface area contributed by atoms with Crippen LogP contribution >= 0.6 is 0 Å². The highest BCUT2D eigenvalue weighted by Crippen LogP contribution is 2.11. The van der Waals surface area contributed by atoms with E-state index in [1.165, 1.54) is 5.69 Å². The van der Waals surface area contributed by atoms with Gasteiger partial charge in [0.05, 0.1) is 18.6 Å². The van der Waals surface area contributed by atoms with E-state index in [0.29, 0.717) is 0 Å². The Bertz CT molecular complexity index is 439. The van der Waals surface area contributed by atoms with Crippen molar-refractivity contribution < 1.29 is 0 Å². The molecule has 0 aliphatic rings. The van der Waals surface area contributed by atoms with Gasteiger partial charge in [-0.25, -0.2) is 4.98 Å². The maximum absolute atomic E-state index is 5.80. The Labute approximate surface area is 89.3 Å². The molecule has 80 valence electrons. The molecule has 1 unspecified atom stereocenters. The first-order chi connectivity index (χ1) is 7.16. The molecule has 2 N–H and O–H groups in total. The summed E-state index contributed by atoms with van der Waals surface area (Å²) in [6.07, 6.45) is 7.82. The summed E-state index contributed by atoms with van der Waals surface area (Å²) in [6.45, 7) is 2.83. The second kappa shape index (κ2) is 3.90. The van der Waals surface area contributed by atoms with Crippen LogP contribution < -0.4 is 5.73 Å². The van der Waals surface area contributed by atoms with Crippen molar-refractivity contribution in [1.29, 1.82) is 0 Å². The van der Waals surface area contributed by atoms with Gasteiger partial charge in [0.25, 0.3) is 0 Å². The molecule has 2 aromatic heterocycles. The lowest BCUT2D eigenvalue weighted by atomic mass is 10.2. The van der Waals surface area contributed by atoms with Crippen LogP contribution in [0.25, 0.3) is 0 Å². The van der Waals surface area contributed by atoms with Gasteiger partial charge >= 0.3 is 0 Å². The van der Waals surface area contributed by atoms with Gasteiger partial charge in [-0.05, 0) is 18.6 Å². The van der Waals surface area contributed by atoms with Gasteiger partial charge in [0.2, 0.25) is 0 Å². The fraction of sp³-hybridized carbons (Fsp3) is 0.364. The minimum Gasteiger partial charge on any atom is -0.348 e. The van der Waals surface area contributed by atoms with E-state index >= 15 is 0 Å². The van der Waals surface area contributed by atoms with Crippen molar-refractivity contribution in [2.75, 3.05) is 0 Å². The van der Waals surface area contributed by atoms with Gasteiger partial charge in [0.1, 0.15) is 0 Å². The maximum Gasteiger partial charge on any atom is 0.0946 e. The topological polar surface area (TPSA) is 48.8 Å². The number of aryl methyl sites for hydroxylation is 1. The first kappa shape index (κ1) is 9.98. The molecule has 15 heavy (non-hydrogen) atoms. The fourth-order valence-corrected chi connectivity index (χ4v) is 1.55. The van der Waals surface area contributed by atoms with Crippen molar-refractivity contribution >= 4 is 0 Å². The number of hydrogen-bond acceptors (Lipinski definition) is 2. The number of nitrogens with zero attached hydrogens (tertiary/aromatic N) is 3. The molecule has 2 rings (SSSR count). The van der Waals surface area contributed by atoms with Crippen molar-refractivity contribution in [3.8, 4) is 0 Å². The molecule has 2 heterocycles. The van der Waals surface area contributed by atoms with Gasteiger partial charge in [-0.15, -0.1) is 0 Å². The van der Waals surface area contributed by atoms with Crippen LogP contribution in [0.5, 0.6) is 0 Å². The average Bonchev–Trinajstić information content (AvgIpc) is 2.77. The van der Waals surface area contributed by atoms with Gasteiger partial charge in [-0.3, -0.25) is 0 Å². The van der Waals surface area contributed by atoms with Crippen LogP contribution in [0.4, 0.5) is 0 Å². The number of hydrogen-bond donors (Lipinski definition) is 1. The zero-order valence-corrected chi connectivity index (χ0v) is 9.09. The smallest absolute Gasteiger partial charge is 0.0946 e. The van der Waals surface area contributed by atoms with Crippen LogP contribution in [0.15, 0.2) is 31.0 Å². The Hall–Kier alpha value is -1.55. The molecular weight excluding hydrogens is 188 g/mol. The molecule has 4 nitrogen and oxygen atoms in total. The van der Waals surface area contributed by atoms with Crippen molar-refractivity contribution in [2.45, 2.75) is 19.5 Å². The largest absolute Gasteiger partial charge is 0.348 e. The van der Waals surface area contributed by atoms with Gasteiger partial charge in [0.15, 0.2) is 0 Å². The summed E-state index contributed by atoms with van der Waals surface area (Å²) in [5.74, 6) is 0. The Morgan fingerprint density at radius 1 is 1.53 bits per heavy atom. The van der Waals surface area contributed by atoms with Crippen molar-refractivity contribution in [2.24, 2.45) is 12.8 Å². The van der Waals surface area contributed by atoms with Crippen molar-refractivity contribution in [1.82, 2.24) is 14.1 Å². The Balaban J connectivity index is 2.15. The molecule has 0 bridgehead atoms. The van der Waals surface area contributed by atoms with Crippen LogP contribution in [0.3, 0.4) is 0 Å². The molecular formula is C11H16N4. The molecule has 0 saturated carbocycles. The minimum absolute atomic E-state index is 0.0952. The molecule has 0 saturated heterocycles. The molecule has 4 heteroatoms. The van der Waals surface area contributed by atoms with E-state index in [1.807, 2.05) is 37.3 Å². The third kappa shape index (κ3) is 2.10. The predicted octanol–water partition coefficient (Wildman–Crippen LogP) is 1.29. The predicted molar refractivity (Wildman–Crippen MR) is 59.3 cm³/mol. The zero-order valence-electron chi connectivity index (χ0n) is 9.09. The SMILES string of the molecule is CC(N)c1ccn(Cc2cncn2C)c1. The quantitative estimate of drug-likeness (QED) is 0.819. The molecule has 0 fully saturated rings. The zero-order chi connectivity index (χ0) is 10.8. The number of rotatable bonds is 3. The highest BCUT2D eigenvalue weighted by molar-refractivity contribution is 5.15. The molecule has 0 aliphatic heterocycles. The lowest BCUT2D eigenvalue weighted by Crippen LogP contribution is -2.05. The molecule has 2 aromatic rings. The normalized spacial score (nSPS) is 13.0. The monoisotopic (exact) mass is 204 g/mol. The highest BCUT2D eigenvalue weighted by Gasteiger charge is 2.03. The van der Waals surface area contributed by atoms with E-state index < -0.39 is 0 Å². The molecule has 0 aliphatic carbocycles. The number of nitrogens with two attached hydrogens (primary N) is 1. The Morgan fingerprint density at radius 3 is 2.87 bits per heavy atom. The van der Waals surface area contributed by atoms with Crippen molar-refractivity contribution in [3.63, 3.8) is 0 Å². The van der Waals surface area contributed by atoms with E-state index in [1.54, 1.807) is 0 Å². The van der Waals surface area contributed by atoms with E-state index in [9.17, 15) is 0 Å². The Kier molecular flexibility index (Phi) is 2.60. The second-order valence-electron chi connectivity index (χ2n) is 3.90. The molecule has 0 spiro atoms. The summed E-state index contributed by atoms with van der Waals surface area (Å²) < 4.78 is 4.14. The summed E-state index contributed by atoms with van der Waals surface area (Å²) in [4.78, 5) is 4.08. The molecule has 1 atom stereocenters. The Morgan fingerprint density at radius 2 is 2.33 bits per heavy atom. The van der Waals surface area contributed by atoms with E-state index in [2.05, 4.69) is 21.8 Å². The molecule has 0 aromatic carbocycles. The summed E-state index contributed by atoms with van der Waals surface area (Å²) in [5.41, 5.74) is 8.15. The highest BCUT2D eigenvalue weighted by atomic mass is 15.1. The summed E-state index contributed by atoms with van der Waals surface area (Å²) >= 11 is 0. The van der Waals surface area contributed by atoms with Crippen LogP contribution in [0.2, 0.25) is 0 Å². The number of aromatic nitrogens is 3. The first-order valence-corrected chi connectivity index (χ1v) is 5.03. The molecule has 0 radical (unpaired) electrons. The summed E-state index contributed by atoms with van der Waals surface area (Å²) in [6, 6.07) is 2.15. The van der Waals surface area contributed by atoms with Crippen LogP contribution in [0, 0.1) is 0 Å². The van der Waals surface area contributed by atoms with Crippen LogP contribution in [-0.2, 0) is 13.6 Å². The van der Waals surface area contributed by atoms with E-state index in [-0.39, 0.29) is 6.04 Å². The summed E-state index contributed by atoms with van der Waals surface area (Å²) in [5, 5.41) is 0. The minimum atomic E-state index is 0.0952. The standard InChI is InChI=1S/C11H16N4/c1-9(12)10-3-4-15(6-10)7-11-5-13-8-14(11)2/h3-6,8-9H,7,12H2,1-2H3. The lowest BCUT2D eigenvalue weighted by Gasteiger charge is -2.04. The average molecular weight is 204 g/mol. The number of imidazole rings is 1. The first-order valence-electron chi connectivity index (χ1n) is 5.03. The van der Waals surface area contributed by atoms with Gasteiger partial charge in [-0.2, -0.15) is 0 Å². The third-order valence-electron chi connectivity index (χ3n) is 2.56. The molecule has 0 amide bonds. The van der Waals surface area contributed by atoms with Crippen molar-refractivity contribution in [3.05, 3.63) is 42.2 Å². The van der Waals surface area contributed by atoms with E-state index in [4.69, 9.17) is 5.73 Å². The fourth-order valence-electron chi connectivity index (χ4n) is 1.55. The summed E-state index contributed by atoms with van der Waals surface area (Å²) in [7, 11) is 2.00. The van der Waals surface area contributed by atoms with E-state index in [0.717, 1.165) is 12.1 Å². The van der Waals surface area contributed by atoms with Crippen LogP contribution in [-0.4, -0.2) is 14.1 Å². The second-order valence-corrected chi connectivity index (χ2v) is 3.90. The van der Waals surface area contributed by atoms with Gasteiger partial charge in [-0.1, -0.05) is 0 Å². The van der Waals surface area contributed by atoms with Gasteiger partial charge < -0.3 is 14.9 Å². The van der Waals surface area contributed by atoms with Gasteiger partial charge in [0, 0.05) is 31.7 Å². The third-order valence-corrected chi connectivity index (χ3v) is 2.56.